The maximum atomic E-state index is 13.7. The van der Waals surface area contributed by atoms with E-state index in [0.717, 1.165) is 43.1 Å². The number of amides is 1. The van der Waals surface area contributed by atoms with Gasteiger partial charge < -0.3 is 40.0 Å². The summed E-state index contributed by atoms with van der Waals surface area (Å²) in [5, 5.41) is 48.3. The smallest absolute Gasteiger partial charge is 0.306 e. The molecule has 0 radical (unpaired) electrons. The molecule has 2 aliphatic heterocycles. The summed E-state index contributed by atoms with van der Waals surface area (Å²) in [6.07, 6.45) is 4.46. The summed E-state index contributed by atoms with van der Waals surface area (Å²) in [7, 11) is 1.90. The molecule has 1 amide bonds. The van der Waals surface area contributed by atoms with E-state index in [-0.39, 0.29) is 48.3 Å². The van der Waals surface area contributed by atoms with Crippen LogP contribution in [0.15, 0.2) is 23.8 Å². The molecule has 4 aliphatic carbocycles. The number of hydrogen-bond acceptors (Lipinski definition) is 14. The Hall–Kier alpha value is -2.37. The molecule has 14 nitrogen and oxygen atoms in total. The minimum absolute atomic E-state index is 0.0125. The van der Waals surface area contributed by atoms with E-state index in [1.807, 2.05) is 24.9 Å². The van der Waals surface area contributed by atoms with Crippen LogP contribution in [0.2, 0.25) is 0 Å². The normalized spacial score (nSPS) is 41.5. The third kappa shape index (κ3) is 8.70. The second kappa shape index (κ2) is 18.2. The molecule has 0 bridgehead atoms. The van der Waals surface area contributed by atoms with Gasteiger partial charge in [0.05, 0.1) is 36.4 Å². The number of carbonyl (C=O) groups excluding carboxylic acids is 5. The molecule has 330 valence electrons. The number of ketones is 2. The van der Waals surface area contributed by atoms with E-state index in [2.05, 4.69) is 19.2 Å². The molecule has 0 spiro atoms. The Morgan fingerprint density at radius 1 is 1.12 bits per heavy atom. The zero-order valence-corrected chi connectivity index (χ0v) is 36.6. The molecule has 5 fully saturated rings. The minimum Gasteiger partial charge on any atom is -0.458 e. The van der Waals surface area contributed by atoms with Crippen LogP contribution in [0.4, 0.5) is 0 Å². The number of aliphatic hydroxyl groups is 4. The van der Waals surface area contributed by atoms with Gasteiger partial charge in [-0.3, -0.25) is 28.9 Å². The van der Waals surface area contributed by atoms with Crippen LogP contribution in [0.1, 0.15) is 91.9 Å². The Bertz CT molecular complexity index is 1690. The first-order chi connectivity index (χ1) is 27.8. The van der Waals surface area contributed by atoms with E-state index in [9.17, 15) is 44.4 Å². The average Bonchev–Trinajstić information content (AvgIpc) is 3.69. The summed E-state index contributed by atoms with van der Waals surface area (Å²) in [5.74, 6) is -2.55. The van der Waals surface area contributed by atoms with E-state index in [4.69, 9.17) is 25.8 Å². The van der Waals surface area contributed by atoms with E-state index in [1.54, 1.807) is 25.3 Å². The van der Waals surface area contributed by atoms with Crippen molar-refractivity contribution >= 4 is 52.8 Å². The Morgan fingerprint density at radius 3 is 2.51 bits per heavy atom. The van der Waals surface area contributed by atoms with Gasteiger partial charge in [0.25, 0.3) is 0 Å². The topological polar surface area (TPSA) is 209 Å². The molecule has 16 atom stereocenters. The summed E-state index contributed by atoms with van der Waals surface area (Å²) >= 11 is 7.66. The van der Waals surface area contributed by atoms with Gasteiger partial charge in [-0.25, -0.2) is 0 Å². The number of halogens is 1. The monoisotopic (exact) mass is 866 g/mol. The molecule has 5 N–H and O–H groups in total. The largest absolute Gasteiger partial charge is 0.458 e. The molecule has 2 heterocycles. The van der Waals surface area contributed by atoms with E-state index < -0.39 is 101 Å². The lowest BCUT2D eigenvalue weighted by atomic mass is 9.46. The molecule has 6 rings (SSSR count). The molecular weight excluding hydrogens is 804 g/mol. The predicted octanol–water partition coefficient (Wildman–Crippen LogP) is 2.84. The van der Waals surface area contributed by atoms with Gasteiger partial charge >= 0.3 is 11.9 Å². The number of Topliss-reactive ketones (excluding diaryl/α,β-unsaturated/α-hetero) is 1. The number of fused-ring (bicyclic) bond motifs is 5. The van der Waals surface area contributed by atoms with Crippen LogP contribution in [0.3, 0.4) is 0 Å². The highest BCUT2D eigenvalue weighted by molar-refractivity contribution is 7.99. The Labute approximate surface area is 356 Å². The highest BCUT2D eigenvalue weighted by Crippen LogP contribution is 2.67. The molecule has 11 unspecified atom stereocenters. The molecule has 0 aromatic heterocycles. The van der Waals surface area contributed by atoms with Gasteiger partial charge in [-0.1, -0.05) is 38.8 Å². The molecule has 3 saturated carbocycles. The first-order valence-corrected chi connectivity index (χ1v) is 22.9. The zero-order chi connectivity index (χ0) is 43.2. The van der Waals surface area contributed by atoms with Crippen molar-refractivity contribution in [1.29, 1.82) is 0 Å². The van der Waals surface area contributed by atoms with Gasteiger partial charge in [0.2, 0.25) is 11.7 Å². The maximum absolute atomic E-state index is 13.7. The number of carbonyl (C=O) groups is 5. The lowest BCUT2D eigenvalue weighted by molar-refractivity contribution is -0.219. The van der Waals surface area contributed by atoms with E-state index in [0.29, 0.717) is 25.2 Å². The number of allylic oxidation sites excluding steroid dienone is 4. The van der Waals surface area contributed by atoms with Crippen LogP contribution in [-0.2, 0) is 38.2 Å². The van der Waals surface area contributed by atoms with Crippen LogP contribution >= 0.6 is 23.4 Å². The molecule has 59 heavy (non-hydrogen) atoms. The van der Waals surface area contributed by atoms with Crippen molar-refractivity contribution in [3.63, 3.8) is 0 Å². The van der Waals surface area contributed by atoms with Crippen LogP contribution in [0, 0.1) is 34.5 Å². The first-order valence-electron chi connectivity index (χ1n) is 21.2. The summed E-state index contributed by atoms with van der Waals surface area (Å²) < 4.78 is 17.0. The number of rotatable bonds is 14. The molecule has 0 aromatic rings. The summed E-state index contributed by atoms with van der Waals surface area (Å²) in [6, 6.07) is -1.25. The van der Waals surface area contributed by atoms with Crippen LogP contribution < -0.4 is 5.32 Å². The average molecular weight is 867 g/mol. The van der Waals surface area contributed by atoms with Crippen LogP contribution in [0.25, 0.3) is 0 Å². The number of likely N-dealkylation sites (tertiary alicyclic amines) is 1. The molecule has 16 heteroatoms. The second-order valence-corrected chi connectivity index (χ2v) is 20.0. The fourth-order valence-corrected chi connectivity index (χ4v) is 12.7. The Kier molecular flexibility index (Phi) is 14.2. The third-order valence-corrected chi connectivity index (χ3v) is 16.0. The predicted molar refractivity (Wildman–Crippen MR) is 219 cm³/mol. The Morgan fingerprint density at radius 2 is 1.83 bits per heavy atom. The lowest BCUT2D eigenvalue weighted by Gasteiger charge is -2.59. The Balaban J connectivity index is 1.00. The second-order valence-electron chi connectivity index (χ2n) is 18.4. The minimum atomic E-state index is -1.84. The van der Waals surface area contributed by atoms with Gasteiger partial charge in [0.1, 0.15) is 29.3 Å². The number of nitrogens with zero attached hydrogens (tertiary/aromatic N) is 1. The molecular formula is C43H63ClN2O12S. The maximum Gasteiger partial charge on any atom is 0.306 e. The van der Waals surface area contributed by atoms with Gasteiger partial charge in [0.15, 0.2) is 18.5 Å². The van der Waals surface area contributed by atoms with Gasteiger partial charge in [-0.15, -0.1) is 23.4 Å². The van der Waals surface area contributed by atoms with Crippen LogP contribution in [-0.4, -0.2) is 140 Å². The van der Waals surface area contributed by atoms with Gasteiger partial charge in [0, 0.05) is 23.3 Å². The number of alkyl halides is 1. The SMILES string of the molecule is CCCC1CC(C(=O)N[C@H](C(C)Cl)C2OC(SC)C(OC(=O)CCC(=O)OCC(=O)[C@@]3(O)CCC4C5CCC6=CC(=O)C=C[C@]6(C)C5[C@@H](O)C[C@@]43C)C(O)C2O)N(C)C1. The standard InChI is InChI=1S/C43H63ClN2O12S/c1-7-8-23-17-28(46(5)20-23)39(54)45-34(22(2)44)37-35(52)36(53)38(40(58-37)59-6)57-32(51)12-11-31(50)56-21-30(49)43(55)16-14-27-26-10-9-24-18-25(47)13-15-41(24,3)33(26)29(48)19-42(27,43)4/h13,15,18,22-23,26-29,33-38,40,48,52-53,55H,7-12,14,16-17,19-21H2,1-6H3,(H,45,54)/t22?,23?,26?,27?,28?,29-,33?,34+,35?,36?,37?,38?,40?,41-,42-,43-/m0/s1. The highest BCUT2D eigenvalue weighted by atomic mass is 35.5. The van der Waals surface area contributed by atoms with Crippen molar-refractivity contribution in [3.8, 4) is 0 Å². The summed E-state index contributed by atoms with van der Waals surface area (Å²) in [6.45, 7) is 7.74. The number of esters is 2. The number of aliphatic hydroxyl groups excluding tert-OH is 3. The van der Waals surface area contributed by atoms with Crippen molar-refractivity contribution in [3.05, 3.63) is 23.8 Å². The number of nitrogens with one attached hydrogen (secondary N) is 1. The number of likely N-dealkylation sites (N-methyl/N-ethyl adjacent to an activating group) is 1. The first kappa shape index (κ1) is 46.1. The van der Waals surface area contributed by atoms with E-state index in [1.165, 1.54) is 0 Å². The van der Waals surface area contributed by atoms with Crippen LogP contribution in [0.5, 0.6) is 0 Å². The van der Waals surface area contributed by atoms with Gasteiger partial charge in [-0.05, 0) is 95.1 Å². The summed E-state index contributed by atoms with van der Waals surface area (Å²) in [4.78, 5) is 67.1. The van der Waals surface area contributed by atoms with Crippen molar-refractivity contribution in [2.75, 3.05) is 26.5 Å². The quantitative estimate of drug-likeness (QED) is 0.126. The molecule has 2 saturated heterocycles. The molecule has 6 aliphatic rings. The fourth-order valence-electron chi connectivity index (χ4n) is 11.8. The third-order valence-electron chi connectivity index (χ3n) is 14.9. The van der Waals surface area contributed by atoms with Gasteiger partial charge in [-0.2, -0.15) is 0 Å². The molecule has 0 aromatic carbocycles. The summed E-state index contributed by atoms with van der Waals surface area (Å²) in [5.41, 5.74) is -3.24. The number of thioether (sulfide) groups is 1. The van der Waals surface area contributed by atoms with Crippen molar-refractivity contribution < 1.29 is 58.6 Å². The zero-order valence-electron chi connectivity index (χ0n) is 35.0. The lowest BCUT2D eigenvalue weighted by Crippen LogP contribution is -2.65. The van der Waals surface area contributed by atoms with Crippen molar-refractivity contribution in [2.45, 2.75) is 151 Å². The number of hydrogen-bond donors (Lipinski definition) is 5. The van der Waals surface area contributed by atoms with E-state index >= 15 is 0 Å². The highest BCUT2D eigenvalue weighted by Gasteiger charge is 2.68. The fraction of sp³-hybridized carbons (Fsp3) is 0.791. The number of ether oxygens (including phenoxy) is 3. The van der Waals surface area contributed by atoms with Crippen molar-refractivity contribution in [2.24, 2.45) is 34.5 Å². The van der Waals surface area contributed by atoms with Crippen molar-refractivity contribution in [1.82, 2.24) is 10.2 Å².